The molecule has 2 aliphatic heterocycles. The van der Waals surface area contributed by atoms with Gasteiger partial charge in [-0.3, -0.25) is 9.59 Å². The van der Waals surface area contributed by atoms with Crippen molar-refractivity contribution >= 4 is 11.8 Å². The Morgan fingerprint density at radius 2 is 1.94 bits per heavy atom. The molecule has 9 nitrogen and oxygen atoms in total. The molecule has 5 rings (SSSR count). The lowest BCUT2D eigenvalue weighted by atomic mass is 9.85. The SMILES string of the molecule is CC(C)(C)[C@@H](C(=O)N1CC(O)CC1C(=O)NC(C1CC1)C1CCCCO1)n1cc(C2CC2)nn1. The molecule has 1 aromatic heterocycles. The second kappa shape index (κ2) is 9.22. The molecule has 2 aliphatic carbocycles. The summed E-state index contributed by atoms with van der Waals surface area (Å²) in [6.07, 6.45) is 9.02. The quantitative estimate of drug-likeness (QED) is 0.628. The molecule has 2 N–H and O–H groups in total. The smallest absolute Gasteiger partial charge is 0.248 e. The summed E-state index contributed by atoms with van der Waals surface area (Å²) < 4.78 is 7.67. The number of aliphatic hydroxyl groups excluding tert-OH is 1. The van der Waals surface area contributed by atoms with Gasteiger partial charge in [-0.2, -0.15) is 0 Å². The minimum atomic E-state index is -0.719. The molecule has 2 saturated carbocycles. The van der Waals surface area contributed by atoms with Gasteiger partial charge in [0.05, 0.1) is 23.9 Å². The number of carbonyl (C=O) groups is 2. The van der Waals surface area contributed by atoms with Gasteiger partial charge in [-0.1, -0.05) is 26.0 Å². The first-order chi connectivity index (χ1) is 16.2. The fourth-order valence-electron chi connectivity index (χ4n) is 5.61. The van der Waals surface area contributed by atoms with Crippen LogP contribution in [0.1, 0.15) is 89.8 Å². The van der Waals surface area contributed by atoms with E-state index < -0.39 is 23.6 Å². The van der Waals surface area contributed by atoms with Crippen LogP contribution in [0.25, 0.3) is 0 Å². The van der Waals surface area contributed by atoms with Crippen molar-refractivity contribution in [3.8, 4) is 0 Å². The Balaban J connectivity index is 1.34. The summed E-state index contributed by atoms with van der Waals surface area (Å²) in [5.74, 6) is 0.521. The first kappa shape index (κ1) is 23.7. The van der Waals surface area contributed by atoms with Crippen molar-refractivity contribution < 1.29 is 19.4 Å². The number of hydrogen-bond acceptors (Lipinski definition) is 6. The lowest BCUT2D eigenvalue weighted by molar-refractivity contribution is -0.144. The van der Waals surface area contributed by atoms with E-state index in [2.05, 4.69) is 15.6 Å². The number of nitrogens with zero attached hydrogens (tertiary/aromatic N) is 4. The highest BCUT2D eigenvalue weighted by atomic mass is 16.5. The number of aromatic nitrogens is 3. The van der Waals surface area contributed by atoms with Gasteiger partial charge in [0.1, 0.15) is 12.1 Å². The first-order valence-corrected chi connectivity index (χ1v) is 13.0. The highest BCUT2D eigenvalue weighted by Crippen LogP contribution is 2.41. The second-order valence-electron chi connectivity index (χ2n) is 11.8. The van der Waals surface area contributed by atoms with E-state index in [0.29, 0.717) is 11.8 Å². The van der Waals surface area contributed by atoms with Gasteiger partial charge < -0.3 is 20.1 Å². The van der Waals surface area contributed by atoms with Crippen molar-refractivity contribution in [2.45, 2.75) is 108 Å². The Kier molecular flexibility index (Phi) is 6.44. The van der Waals surface area contributed by atoms with Gasteiger partial charge in [0.25, 0.3) is 0 Å². The van der Waals surface area contributed by atoms with E-state index in [1.165, 1.54) is 0 Å². The number of carbonyl (C=O) groups excluding carboxylic acids is 2. The van der Waals surface area contributed by atoms with Crippen LogP contribution in [0.2, 0.25) is 0 Å². The Bertz CT molecular complexity index is 897. The maximum atomic E-state index is 13.9. The number of rotatable bonds is 7. The molecule has 2 amide bonds. The summed E-state index contributed by atoms with van der Waals surface area (Å²) in [6, 6.07) is -1.31. The van der Waals surface area contributed by atoms with Crippen LogP contribution in [0.4, 0.5) is 0 Å². The molecule has 2 saturated heterocycles. The monoisotopic (exact) mass is 473 g/mol. The summed E-state index contributed by atoms with van der Waals surface area (Å²) >= 11 is 0. The molecule has 5 atom stereocenters. The van der Waals surface area contributed by atoms with E-state index in [1.54, 1.807) is 9.58 Å². The highest BCUT2D eigenvalue weighted by molar-refractivity contribution is 5.90. The fraction of sp³-hybridized carbons (Fsp3) is 0.840. The largest absolute Gasteiger partial charge is 0.391 e. The minimum Gasteiger partial charge on any atom is -0.391 e. The van der Waals surface area contributed by atoms with Crippen LogP contribution in [-0.4, -0.2) is 74.3 Å². The van der Waals surface area contributed by atoms with E-state index in [-0.39, 0.29) is 36.9 Å². The first-order valence-electron chi connectivity index (χ1n) is 13.0. The summed E-state index contributed by atoms with van der Waals surface area (Å²) in [5.41, 5.74) is 0.490. The van der Waals surface area contributed by atoms with Crippen molar-refractivity contribution in [2.24, 2.45) is 11.3 Å². The number of hydrogen-bond donors (Lipinski definition) is 2. The Morgan fingerprint density at radius 1 is 1.18 bits per heavy atom. The second-order valence-corrected chi connectivity index (χ2v) is 11.8. The van der Waals surface area contributed by atoms with E-state index in [4.69, 9.17) is 4.74 Å². The molecule has 9 heteroatoms. The number of nitrogens with one attached hydrogen (secondary N) is 1. The zero-order valence-corrected chi connectivity index (χ0v) is 20.7. The molecule has 34 heavy (non-hydrogen) atoms. The van der Waals surface area contributed by atoms with Gasteiger partial charge in [-0.15, -0.1) is 5.10 Å². The van der Waals surface area contributed by atoms with Crippen LogP contribution in [-0.2, 0) is 14.3 Å². The standard InChI is InChI=1S/C25H39N5O4/c1-25(2,3)22(30-14-18(27-28-30)15-7-8-15)24(33)29-13-17(31)12-19(29)23(32)26-21(16-9-10-16)20-6-4-5-11-34-20/h14-17,19-22,31H,4-13H2,1-3H3,(H,26,32)/t17?,19?,20?,21?,22-/m1/s1. The zero-order valence-electron chi connectivity index (χ0n) is 20.7. The van der Waals surface area contributed by atoms with Crippen LogP contribution in [0.3, 0.4) is 0 Å². The van der Waals surface area contributed by atoms with Gasteiger partial charge in [0.15, 0.2) is 0 Å². The molecule has 188 valence electrons. The van der Waals surface area contributed by atoms with Crippen molar-refractivity contribution in [2.75, 3.05) is 13.2 Å². The molecule has 0 radical (unpaired) electrons. The lowest BCUT2D eigenvalue weighted by Gasteiger charge is -2.36. The zero-order chi connectivity index (χ0) is 24.0. The summed E-state index contributed by atoms with van der Waals surface area (Å²) in [6.45, 7) is 6.89. The van der Waals surface area contributed by atoms with Gasteiger partial charge in [0.2, 0.25) is 11.8 Å². The molecule has 4 aliphatic rings. The van der Waals surface area contributed by atoms with Crippen molar-refractivity contribution in [3.05, 3.63) is 11.9 Å². The van der Waals surface area contributed by atoms with E-state index in [0.717, 1.165) is 57.2 Å². The predicted molar refractivity (Wildman–Crippen MR) is 125 cm³/mol. The third kappa shape index (κ3) is 5.00. The van der Waals surface area contributed by atoms with Gasteiger partial charge >= 0.3 is 0 Å². The van der Waals surface area contributed by atoms with Crippen LogP contribution >= 0.6 is 0 Å². The highest BCUT2D eigenvalue weighted by Gasteiger charge is 2.47. The number of amides is 2. The fourth-order valence-corrected chi connectivity index (χ4v) is 5.61. The van der Waals surface area contributed by atoms with Crippen molar-refractivity contribution in [1.29, 1.82) is 0 Å². The molecule has 0 aromatic carbocycles. The van der Waals surface area contributed by atoms with Gasteiger partial charge in [-0.25, -0.2) is 4.68 Å². The average Bonchev–Trinajstić information content (AvgIpc) is 3.72. The van der Waals surface area contributed by atoms with Crippen LogP contribution in [0.15, 0.2) is 6.20 Å². The Hall–Kier alpha value is -2.00. The molecule has 0 spiro atoms. The van der Waals surface area contributed by atoms with Crippen LogP contribution in [0.5, 0.6) is 0 Å². The molecular formula is C25H39N5O4. The maximum absolute atomic E-state index is 13.9. The normalized spacial score (nSPS) is 29.6. The molecule has 0 bridgehead atoms. The molecule has 3 heterocycles. The van der Waals surface area contributed by atoms with Crippen LogP contribution < -0.4 is 5.32 Å². The Morgan fingerprint density at radius 3 is 2.56 bits per heavy atom. The van der Waals surface area contributed by atoms with E-state index in [1.807, 2.05) is 27.0 Å². The summed E-state index contributed by atoms with van der Waals surface area (Å²) in [7, 11) is 0. The lowest BCUT2D eigenvalue weighted by Crippen LogP contribution is -2.55. The number of ether oxygens (including phenoxy) is 1. The summed E-state index contributed by atoms with van der Waals surface area (Å²) in [5, 5.41) is 22.3. The minimum absolute atomic E-state index is 0.0164. The maximum Gasteiger partial charge on any atom is 0.248 e. The third-order valence-corrected chi connectivity index (χ3v) is 7.76. The average molecular weight is 474 g/mol. The van der Waals surface area contributed by atoms with E-state index in [9.17, 15) is 14.7 Å². The van der Waals surface area contributed by atoms with Gasteiger partial charge in [0, 0.05) is 31.7 Å². The third-order valence-electron chi connectivity index (χ3n) is 7.76. The van der Waals surface area contributed by atoms with Crippen molar-refractivity contribution in [1.82, 2.24) is 25.2 Å². The topological polar surface area (TPSA) is 110 Å². The number of β-amino-alcohol motifs (C(OH)–C–C–N with tert-alkyl or cyclic N) is 1. The summed E-state index contributed by atoms with van der Waals surface area (Å²) in [4.78, 5) is 29.0. The number of aliphatic hydroxyl groups is 1. The Labute approximate surface area is 201 Å². The van der Waals surface area contributed by atoms with E-state index >= 15 is 0 Å². The van der Waals surface area contributed by atoms with Gasteiger partial charge in [-0.05, 0) is 56.3 Å². The molecule has 1 aromatic rings. The van der Waals surface area contributed by atoms with Crippen LogP contribution in [0, 0.1) is 11.3 Å². The molecule has 4 unspecified atom stereocenters. The molecular weight excluding hydrogens is 434 g/mol. The van der Waals surface area contributed by atoms with Crippen molar-refractivity contribution in [3.63, 3.8) is 0 Å². The predicted octanol–water partition coefficient (Wildman–Crippen LogP) is 2.17. The number of likely N-dealkylation sites (tertiary alicyclic amines) is 1. The molecule has 4 fully saturated rings.